The van der Waals surface area contributed by atoms with E-state index >= 15 is 0 Å². The molecule has 1 N–H and O–H groups in total. The molecule has 3 heterocycles. The lowest BCUT2D eigenvalue weighted by Gasteiger charge is -2.35. The molecule has 0 bridgehead atoms. The van der Waals surface area contributed by atoms with E-state index in [4.69, 9.17) is 0 Å². The minimum Gasteiger partial charge on any atom is -0.368 e. The zero-order chi connectivity index (χ0) is 21.6. The Labute approximate surface area is 181 Å². The number of hydrogen-bond donors (Lipinski definition) is 1. The smallest absolute Gasteiger partial charge is 0.274 e. The standard InChI is InChI=1S/C23H26N6O2/c1-2-6-22(30)26-18-9-10-21(24-15-18)29-16-20(25-17-29)23(31)28-13-11-27(12-14-28)19-7-4-3-5-8-19/h3-5,7-10,15-17H,2,6,11-14H2,1H3,(H,26,30). The fraction of sp³-hybridized carbons (Fsp3) is 0.304. The number of carbonyl (C=O) groups is 2. The van der Waals surface area contributed by atoms with Crippen LogP contribution in [0.25, 0.3) is 5.82 Å². The Kier molecular flexibility index (Phi) is 6.26. The van der Waals surface area contributed by atoms with E-state index in [0.717, 1.165) is 19.5 Å². The molecule has 1 fully saturated rings. The molecule has 4 rings (SSSR count). The van der Waals surface area contributed by atoms with E-state index in [0.29, 0.717) is 36.7 Å². The molecule has 0 atom stereocenters. The average Bonchev–Trinajstić information content (AvgIpc) is 3.30. The zero-order valence-corrected chi connectivity index (χ0v) is 17.6. The van der Waals surface area contributed by atoms with Gasteiger partial charge in [-0.3, -0.25) is 14.2 Å². The largest absolute Gasteiger partial charge is 0.368 e. The molecule has 31 heavy (non-hydrogen) atoms. The predicted molar refractivity (Wildman–Crippen MR) is 119 cm³/mol. The van der Waals surface area contributed by atoms with Gasteiger partial charge >= 0.3 is 0 Å². The minimum atomic E-state index is -0.0742. The second-order valence-electron chi connectivity index (χ2n) is 7.48. The number of imidazole rings is 1. The number of hydrogen-bond acceptors (Lipinski definition) is 5. The molecule has 1 aromatic carbocycles. The number of piperazine rings is 1. The molecule has 0 spiro atoms. The molecule has 1 aliphatic rings. The Hall–Kier alpha value is -3.68. The first-order valence-corrected chi connectivity index (χ1v) is 10.5. The van der Waals surface area contributed by atoms with E-state index in [1.54, 1.807) is 35.4 Å². The molecule has 0 aliphatic carbocycles. The van der Waals surface area contributed by atoms with Crippen LogP contribution in [0.1, 0.15) is 30.3 Å². The van der Waals surface area contributed by atoms with Gasteiger partial charge in [-0.05, 0) is 30.7 Å². The van der Waals surface area contributed by atoms with Gasteiger partial charge in [-0.1, -0.05) is 25.1 Å². The predicted octanol–water partition coefficient (Wildman–Crippen LogP) is 2.97. The Morgan fingerprint density at radius 2 is 1.77 bits per heavy atom. The van der Waals surface area contributed by atoms with Crippen LogP contribution in [0, 0.1) is 0 Å². The van der Waals surface area contributed by atoms with E-state index in [1.165, 1.54) is 5.69 Å². The van der Waals surface area contributed by atoms with Crippen molar-refractivity contribution < 1.29 is 9.59 Å². The van der Waals surface area contributed by atoms with Gasteiger partial charge in [-0.2, -0.15) is 0 Å². The Bertz CT molecular complexity index is 1020. The van der Waals surface area contributed by atoms with Gasteiger partial charge in [0.05, 0.1) is 11.9 Å². The molecule has 1 saturated heterocycles. The molecular weight excluding hydrogens is 392 g/mol. The quantitative estimate of drug-likeness (QED) is 0.665. The summed E-state index contributed by atoms with van der Waals surface area (Å²) in [5.41, 5.74) is 2.23. The molecule has 8 nitrogen and oxygen atoms in total. The molecule has 1 aliphatic heterocycles. The summed E-state index contributed by atoms with van der Waals surface area (Å²) in [6.07, 6.45) is 6.17. The third-order valence-corrected chi connectivity index (χ3v) is 5.26. The second-order valence-corrected chi connectivity index (χ2v) is 7.48. The Balaban J connectivity index is 1.36. The first-order valence-electron chi connectivity index (χ1n) is 10.5. The van der Waals surface area contributed by atoms with Gasteiger partial charge in [0.2, 0.25) is 5.91 Å². The molecule has 0 radical (unpaired) electrons. The molecule has 0 unspecified atom stereocenters. The lowest BCUT2D eigenvalue weighted by Crippen LogP contribution is -2.48. The Morgan fingerprint density at radius 3 is 2.45 bits per heavy atom. The highest BCUT2D eigenvalue weighted by atomic mass is 16.2. The molecule has 2 aromatic heterocycles. The van der Waals surface area contributed by atoms with Crippen LogP contribution in [-0.4, -0.2) is 57.4 Å². The number of amides is 2. The average molecular weight is 419 g/mol. The maximum Gasteiger partial charge on any atom is 0.274 e. The van der Waals surface area contributed by atoms with Crippen LogP contribution < -0.4 is 10.2 Å². The van der Waals surface area contributed by atoms with Crippen molar-refractivity contribution >= 4 is 23.2 Å². The van der Waals surface area contributed by atoms with Gasteiger partial charge in [0.25, 0.3) is 5.91 Å². The van der Waals surface area contributed by atoms with Crippen molar-refractivity contribution in [1.29, 1.82) is 0 Å². The SMILES string of the molecule is CCCC(=O)Nc1ccc(-n2cnc(C(=O)N3CCN(c4ccccc4)CC3)c2)nc1. The summed E-state index contributed by atoms with van der Waals surface area (Å²) in [7, 11) is 0. The highest BCUT2D eigenvalue weighted by molar-refractivity contribution is 5.92. The van der Waals surface area contributed by atoms with Crippen LogP contribution in [0.15, 0.2) is 61.2 Å². The van der Waals surface area contributed by atoms with Gasteiger partial charge in [-0.15, -0.1) is 0 Å². The third-order valence-electron chi connectivity index (χ3n) is 5.26. The van der Waals surface area contributed by atoms with Crippen LogP contribution in [0.5, 0.6) is 0 Å². The molecule has 160 valence electrons. The van der Waals surface area contributed by atoms with Crippen molar-refractivity contribution in [2.24, 2.45) is 0 Å². The second kappa shape index (κ2) is 9.42. The number of para-hydroxylation sites is 1. The van der Waals surface area contributed by atoms with Crippen molar-refractivity contribution in [3.8, 4) is 5.82 Å². The fourth-order valence-corrected chi connectivity index (χ4v) is 3.59. The van der Waals surface area contributed by atoms with Gasteiger partial charge in [0.15, 0.2) is 0 Å². The summed E-state index contributed by atoms with van der Waals surface area (Å²) in [5, 5.41) is 2.81. The lowest BCUT2D eigenvalue weighted by atomic mass is 10.2. The van der Waals surface area contributed by atoms with E-state index in [2.05, 4.69) is 32.3 Å². The van der Waals surface area contributed by atoms with Gasteiger partial charge in [0.1, 0.15) is 17.8 Å². The maximum atomic E-state index is 12.9. The summed E-state index contributed by atoms with van der Waals surface area (Å²) < 4.78 is 1.71. The van der Waals surface area contributed by atoms with E-state index in [9.17, 15) is 9.59 Å². The number of pyridine rings is 1. The van der Waals surface area contributed by atoms with Crippen LogP contribution in [0.2, 0.25) is 0 Å². The molecule has 0 saturated carbocycles. The fourth-order valence-electron chi connectivity index (χ4n) is 3.59. The van der Waals surface area contributed by atoms with E-state index in [-0.39, 0.29) is 11.8 Å². The number of anilines is 2. The van der Waals surface area contributed by atoms with Crippen LogP contribution in [0.3, 0.4) is 0 Å². The minimum absolute atomic E-state index is 0.0278. The number of nitrogens with one attached hydrogen (secondary N) is 1. The van der Waals surface area contributed by atoms with Crippen LogP contribution in [0.4, 0.5) is 11.4 Å². The summed E-state index contributed by atoms with van der Waals surface area (Å²) >= 11 is 0. The van der Waals surface area contributed by atoms with Crippen LogP contribution >= 0.6 is 0 Å². The van der Waals surface area contributed by atoms with Crippen molar-refractivity contribution in [3.05, 3.63) is 66.9 Å². The monoisotopic (exact) mass is 418 g/mol. The Morgan fingerprint density at radius 1 is 1.00 bits per heavy atom. The highest BCUT2D eigenvalue weighted by Gasteiger charge is 2.24. The maximum absolute atomic E-state index is 12.9. The molecule has 8 heteroatoms. The lowest BCUT2D eigenvalue weighted by molar-refractivity contribution is -0.116. The van der Waals surface area contributed by atoms with Gasteiger partial charge < -0.3 is 15.1 Å². The number of carbonyl (C=O) groups excluding carboxylic acids is 2. The van der Waals surface area contributed by atoms with E-state index < -0.39 is 0 Å². The van der Waals surface area contributed by atoms with Crippen LogP contribution in [-0.2, 0) is 4.79 Å². The van der Waals surface area contributed by atoms with Crippen molar-refractivity contribution in [3.63, 3.8) is 0 Å². The van der Waals surface area contributed by atoms with Crippen molar-refractivity contribution in [2.75, 3.05) is 36.4 Å². The first-order chi connectivity index (χ1) is 15.1. The molecular formula is C23H26N6O2. The number of rotatable bonds is 6. The van der Waals surface area contributed by atoms with Crippen molar-refractivity contribution in [2.45, 2.75) is 19.8 Å². The van der Waals surface area contributed by atoms with E-state index in [1.807, 2.05) is 30.0 Å². The number of benzene rings is 1. The molecule has 3 aromatic rings. The van der Waals surface area contributed by atoms with Crippen molar-refractivity contribution in [1.82, 2.24) is 19.4 Å². The number of aromatic nitrogens is 3. The number of nitrogens with zero attached hydrogens (tertiary/aromatic N) is 5. The van der Waals surface area contributed by atoms with Gasteiger partial charge in [-0.25, -0.2) is 9.97 Å². The van der Waals surface area contributed by atoms with Gasteiger partial charge in [0, 0.05) is 44.5 Å². The third kappa shape index (κ3) is 4.91. The molecule has 2 amide bonds. The summed E-state index contributed by atoms with van der Waals surface area (Å²) in [6, 6.07) is 13.8. The summed E-state index contributed by atoms with van der Waals surface area (Å²) in [5.74, 6) is 0.531. The normalized spacial score (nSPS) is 13.8. The zero-order valence-electron chi connectivity index (χ0n) is 17.6. The summed E-state index contributed by atoms with van der Waals surface area (Å²) in [4.78, 5) is 37.4. The summed E-state index contributed by atoms with van der Waals surface area (Å²) in [6.45, 7) is 4.87. The highest BCUT2D eigenvalue weighted by Crippen LogP contribution is 2.17. The topological polar surface area (TPSA) is 83.4 Å². The first kappa shape index (κ1) is 20.6.